The average molecular weight is 1150 g/mol. The lowest BCUT2D eigenvalue weighted by Gasteiger charge is -2.31. The summed E-state index contributed by atoms with van der Waals surface area (Å²) in [7, 11) is 0. The van der Waals surface area contributed by atoms with Gasteiger partial charge in [0.15, 0.2) is 0 Å². The standard InChI is InChI=1S/C85H63N5/c1-58-25-35-70(36-26-58)86(73-41-31-61-15-7-11-19-65(61)49-73)77-45-47-84-82(56-77)83-57-78(87(71-37-27-59(2)28-38-71)74-42-32-62-16-8-12-20-66(62)50-74)46-48-85(83)90(84)81-54-79(88(69-23-5-4-6-24-69)75-43-33-63-17-9-13-21-67(63)51-75)53-80(55-81)89(72-39-29-60(3)30-40-72)76-44-34-64-18-10-14-22-68(64)52-76/h4-57H,1-3H3. The highest BCUT2D eigenvalue weighted by molar-refractivity contribution is 6.13. The third-order valence-corrected chi connectivity index (χ3v) is 17.8. The molecule has 0 bridgehead atoms. The van der Waals surface area contributed by atoms with Gasteiger partial charge < -0.3 is 24.2 Å². The van der Waals surface area contributed by atoms with E-state index in [1.165, 1.54) is 59.8 Å². The summed E-state index contributed by atoms with van der Waals surface area (Å²) in [5.41, 5.74) is 19.5. The van der Waals surface area contributed by atoms with Crippen LogP contribution in [0.15, 0.2) is 328 Å². The molecule has 1 aromatic heterocycles. The van der Waals surface area contributed by atoms with Crippen molar-refractivity contribution in [2.75, 3.05) is 19.6 Å². The molecule has 0 spiro atoms. The monoisotopic (exact) mass is 1150 g/mol. The van der Waals surface area contributed by atoms with Crippen molar-refractivity contribution in [2.24, 2.45) is 0 Å². The summed E-state index contributed by atoms with van der Waals surface area (Å²) in [6.07, 6.45) is 0. The molecule has 0 aliphatic rings. The van der Waals surface area contributed by atoms with E-state index in [2.05, 4.69) is 373 Å². The molecule has 0 unspecified atom stereocenters. The van der Waals surface area contributed by atoms with E-state index in [1.807, 2.05) is 0 Å². The largest absolute Gasteiger partial charge is 0.310 e. The number of anilines is 12. The lowest BCUT2D eigenvalue weighted by Crippen LogP contribution is -2.14. The van der Waals surface area contributed by atoms with Gasteiger partial charge in [-0.1, -0.05) is 193 Å². The summed E-state index contributed by atoms with van der Waals surface area (Å²) in [5, 5.41) is 11.8. The molecule has 15 aromatic carbocycles. The molecule has 5 nitrogen and oxygen atoms in total. The Kier molecular flexibility index (Phi) is 13.5. The van der Waals surface area contributed by atoms with E-state index in [1.54, 1.807) is 0 Å². The van der Waals surface area contributed by atoms with Crippen molar-refractivity contribution in [1.29, 1.82) is 0 Å². The molecule has 0 radical (unpaired) electrons. The molecule has 0 atom stereocenters. The third-order valence-electron chi connectivity index (χ3n) is 17.8. The van der Waals surface area contributed by atoms with Gasteiger partial charge in [0.05, 0.1) is 28.1 Å². The quantitative estimate of drug-likeness (QED) is 0.114. The van der Waals surface area contributed by atoms with Crippen molar-refractivity contribution >= 4 is 133 Å². The Balaban J connectivity index is 0.992. The lowest BCUT2D eigenvalue weighted by molar-refractivity contribution is 1.16. The Morgan fingerprint density at radius 2 is 0.444 bits per heavy atom. The highest BCUT2D eigenvalue weighted by atomic mass is 15.2. The number of rotatable bonds is 13. The fourth-order valence-corrected chi connectivity index (χ4v) is 13.2. The maximum Gasteiger partial charge on any atom is 0.0542 e. The number of hydrogen-bond donors (Lipinski definition) is 0. The summed E-state index contributed by atoms with van der Waals surface area (Å²) in [5.74, 6) is 0. The van der Waals surface area contributed by atoms with Gasteiger partial charge in [-0.05, 0) is 216 Å². The predicted molar refractivity (Wildman–Crippen MR) is 384 cm³/mol. The molecule has 90 heavy (non-hydrogen) atoms. The van der Waals surface area contributed by atoms with Crippen molar-refractivity contribution in [3.05, 3.63) is 344 Å². The van der Waals surface area contributed by atoms with Gasteiger partial charge in [0.2, 0.25) is 0 Å². The Morgan fingerprint density at radius 1 is 0.189 bits per heavy atom. The van der Waals surface area contributed by atoms with Crippen molar-refractivity contribution < 1.29 is 0 Å². The van der Waals surface area contributed by atoms with Crippen LogP contribution in [-0.4, -0.2) is 4.57 Å². The van der Waals surface area contributed by atoms with Gasteiger partial charge in [-0.2, -0.15) is 0 Å². The van der Waals surface area contributed by atoms with Crippen molar-refractivity contribution in [3.8, 4) is 5.69 Å². The van der Waals surface area contributed by atoms with Crippen molar-refractivity contribution in [2.45, 2.75) is 20.8 Å². The highest BCUT2D eigenvalue weighted by Gasteiger charge is 2.25. The summed E-state index contributed by atoms with van der Waals surface area (Å²) in [6.45, 7) is 6.47. The second-order valence-electron chi connectivity index (χ2n) is 23.8. The topological polar surface area (TPSA) is 17.9 Å². The predicted octanol–water partition coefficient (Wildman–Crippen LogP) is 24.2. The van der Waals surface area contributed by atoms with Crippen molar-refractivity contribution in [3.63, 3.8) is 0 Å². The van der Waals surface area contributed by atoms with E-state index in [9.17, 15) is 0 Å². The molecule has 0 N–H and O–H groups in total. The van der Waals surface area contributed by atoms with Crippen LogP contribution < -0.4 is 19.6 Å². The third kappa shape index (κ3) is 9.98. The molecule has 0 saturated carbocycles. The fourth-order valence-electron chi connectivity index (χ4n) is 13.2. The van der Waals surface area contributed by atoms with Gasteiger partial charge >= 0.3 is 0 Å². The Morgan fingerprint density at radius 3 is 0.778 bits per heavy atom. The number of fused-ring (bicyclic) bond motifs is 7. The fraction of sp³-hybridized carbons (Fsp3) is 0.0353. The van der Waals surface area contributed by atoms with Gasteiger partial charge in [-0.3, -0.25) is 0 Å². The number of hydrogen-bond acceptors (Lipinski definition) is 4. The van der Waals surface area contributed by atoms with Crippen LogP contribution in [0.5, 0.6) is 0 Å². The highest BCUT2D eigenvalue weighted by Crippen LogP contribution is 2.48. The minimum atomic E-state index is 1.01. The van der Waals surface area contributed by atoms with Crippen LogP contribution in [0, 0.1) is 20.8 Å². The summed E-state index contributed by atoms with van der Waals surface area (Å²) >= 11 is 0. The van der Waals surface area contributed by atoms with Gasteiger partial charge in [0.1, 0.15) is 0 Å². The van der Waals surface area contributed by atoms with E-state index < -0.39 is 0 Å². The van der Waals surface area contributed by atoms with Gasteiger partial charge in [0, 0.05) is 67.6 Å². The number of nitrogens with zero attached hydrogens (tertiary/aromatic N) is 5. The minimum absolute atomic E-state index is 1.01. The molecule has 16 aromatic rings. The van der Waals surface area contributed by atoms with Crippen LogP contribution in [0.2, 0.25) is 0 Å². The Labute approximate surface area is 525 Å². The molecular formula is C85H63N5. The average Bonchev–Trinajstić information content (AvgIpc) is 1.61. The Bertz CT molecular complexity index is 5170. The second kappa shape index (κ2) is 22.6. The molecule has 0 amide bonds. The first-order valence-corrected chi connectivity index (χ1v) is 30.9. The zero-order valence-electron chi connectivity index (χ0n) is 50.4. The van der Waals surface area contributed by atoms with Gasteiger partial charge in [-0.25, -0.2) is 0 Å². The first-order valence-electron chi connectivity index (χ1n) is 30.9. The molecule has 0 fully saturated rings. The summed E-state index contributed by atoms with van der Waals surface area (Å²) in [6, 6.07) is 121. The maximum absolute atomic E-state index is 2.50. The number of aryl methyl sites for hydroxylation is 3. The molecule has 0 aliphatic heterocycles. The van der Waals surface area contributed by atoms with Crippen LogP contribution >= 0.6 is 0 Å². The molecule has 1 heterocycles. The molecule has 5 heteroatoms. The molecule has 428 valence electrons. The lowest BCUT2D eigenvalue weighted by atomic mass is 10.1. The van der Waals surface area contributed by atoms with Crippen LogP contribution in [0.1, 0.15) is 16.7 Å². The van der Waals surface area contributed by atoms with Crippen molar-refractivity contribution in [1.82, 2.24) is 4.57 Å². The summed E-state index contributed by atoms with van der Waals surface area (Å²) in [4.78, 5) is 9.67. The second-order valence-corrected chi connectivity index (χ2v) is 23.8. The van der Waals surface area contributed by atoms with E-state index >= 15 is 0 Å². The van der Waals surface area contributed by atoms with Crippen LogP contribution in [0.3, 0.4) is 0 Å². The molecule has 0 aliphatic carbocycles. The minimum Gasteiger partial charge on any atom is -0.310 e. The first-order chi connectivity index (χ1) is 44.3. The van der Waals surface area contributed by atoms with Crippen LogP contribution in [-0.2, 0) is 0 Å². The van der Waals surface area contributed by atoms with Crippen LogP contribution in [0.25, 0.3) is 70.6 Å². The molecule has 16 rings (SSSR count). The zero-order chi connectivity index (χ0) is 60.2. The molecule has 0 saturated heterocycles. The van der Waals surface area contributed by atoms with E-state index in [4.69, 9.17) is 0 Å². The zero-order valence-corrected chi connectivity index (χ0v) is 50.4. The first kappa shape index (κ1) is 53.8. The maximum atomic E-state index is 2.50. The van der Waals surface area contributed by atoms with Crippen LogP contribution in [0.4, 0.5) is 68.2 Å². The number of aromatic nitrogens is 1. The van der Waals surface area contributed by atoms with E-state index in [0.29, 0.717) is 0 Å². The normalized spacial score (nSPS) is 11.5. The Hall–Kier alpha value is -11.7. The smallest absolute Gasteiger partial charge is 0.0542 e. The molecular weight excluding hydrogens is 1090 g/mol. The summed E-state index contributed by atoms with van der Waals surface area (Å²) < 4.78 is 2.50. The number of para-hydroxylation sites is 1. The van der Waals surface area contributed by atoms with E-state index in [-0.39, 0.29) is 0 Å². The van der Waals surface area contributed by atoms with Gasteiger partial charge in [-0.15, -0.1) is 0 Å². The number of benzene rings is 15. The van der Waals surface area contributed by atoms with E-state index in [0.717, 1.165) is 95.7 Å². The van der Waals surface area contributed by atoms with Gasteiger partial charge in [0.25, 0.3) is 0 Å². The SMILES string of the molecule is Cc1ccc(N(c2cc(N(c3ccccc3)c3ccc4ccccc4c3)cc(-n3c4ccc(N(c5ccc(C)cc5)c5ccc6ccccc6c5)cc4c4cc(N(c5ccc(C)cc5)c5ccc6ccccc6c5)ccc43)c2)c2ccc3ccccc3c2)cc1.